The molecule has 4 heteroatoms. The third-order valence-corrected chi connectivity index (χ3v) is 4.26. The molecule has 25 heavy (non-hydrogen) atoms. The minimum atomic E-state index is -0.804. The second-order valence-corrected chi connectivity index (χ2v) is 6.02. The van der Waals surface area contributed by atoms with Gasteiger partial charge in [-0.3, -0.25) is 0 Å². The molecule has 0 aromatic heterocycles. The van der Waals surface area contributed by atoms with Crippen LogP contribution in [0.4, 0.5) is 0 Å². The van der Waals surface area contributed by atoms with Gasteiger partial charge in [-0.1, -0.05) is 54.6 Å². The maximum Gasteiger partial charge on any atom is 0.169 e. The predicted octanol–water partition coefficient (Wildman–Crippen LogP) is 4.36. The Morgan fingerprint density at radius 3 is 2.24 bits per heavy atom. The van der Waals surface area contributed by atoms with Gasteiger partial charge in [0, 0.05) is 0 Å². The van der Waals surface area contributed by atoms with Crippen molar-refractivity contribution in [3.05, 3.63) is 90.0 Å². The van der Waals surface area contributed by atoms with E-state index in [0.717, 1.165) is 5.56 Å². The largest absolute Gasteiger partial charge is 0.504 e. The highest BCUT2D eigenvalue weighted by atomic mass is 16.6. The van der Waals surface area contributed by atoms with Crippen LogP contribution in [0.5, 0.6) is 17.2 Å². The van der Waals surface area contributed by atoms with Gasteiger partial charge in [0.1, 0.15) is 24.1 Å². The molecule has 0 radical (unpaired) electrons. The lowest BCUT2D eigenvalue weighted by molar-refractivity contribution is 0.136. The van der Waals surface area contributed by atoms with E-state index in [-0.39, 0.29) is 18.0 Å². The average molecular weight is 334 g/mol. The van der Waals surface area contributed by atoms with E-state index in [1.54, 1.807) is 12.1 Å². The lowest BCUT2D eigenvalue weighted by Gasteiger charge is -2.12. The molecule has 126 valence electrons. The van der Waals surface area contributed by atoms with E-state index in [0.29, 0.717) is 17.1 Å². The zero-order valence-electron chi connectivity index (χ0n) is 13.4. The molecule has 1 heterocycles. The van der Waals surface area contributed by atoms with Crippen molar-refractivity contribution in [2.45, 2.75) is 18.3 Å². The van der Waals surface area contributed by atoms with Gasteiger partial charge in [0.25, 0.3) is 0 Å². The van der Waals surface area contributed by atoms with Crippen LogP contribution in [0.15, 0.2) is 78.9 Å². The fourth-order valence-corrected chi connectivity index (χ4v) is 2.88. The average Bonchev–Trinajstić information content (AvgIpc) is 3.45. The van der Waals surface area contributed by atoms with Gasteiger partial charge >= 0.3 is 0 Å². The second-order valence-electron chi connectivity index (χ2n) is 6.02. The minimum Gasteiger partial charge on any atom is -0.504 e. The Kier molecular flexibility index (Phi) is 4.14. The Bertz CT molecular complexity index is 848. The Labute approximate surface area is 145 Å². The summed E-state index contributed by atoms with van der Waals surface area (Å²) in [7, 11) is 0. The molecule has 1 fully saturated rings. The SMILES string of the molecule is Oc1cc([C@H](O)[C@@H]2O[C@H]2c2ccccc2)ccc1Oc1ccccc1. The van der Waals surface area contributed by atoms with Gasteiger partial charge in [0.15, 0.2) is 11.5 Å². The molecule has 3 aromatic rings. The first-order valence-corrected chi connectivity index (χ1v) is 8.16. The molecule has 0 aliphatic carbocycles. The highest BCUT2D eigenvalue weighted by Crippen LogP contribution is 2.46. The summed E-state index contributed by atoms with van der Waals surface area (Å²) < 4.78 is 11.3. The third-order valence-electron chi connectivity index (χ3n) is 4.26. The number of rotatable bonds is 5. The monoisotopic (exact) mass is 334 g/mol. The van der Waals surface area contributed by atoms with E-state index in [9.17, 15) is 10.2 Å². The van der Waals surface area contributed by atoms with E-state index in [4.69, 9.17) is 9.47 Å². The van der Waals surface area contributed by atoms with E-state index in [2.05, 4.69) is 0 Å². The van der Waals surface area contributed by atoms with Crippen molar-refractivity contribution in [3.8, 4) is 17.2 Å². The number of aromatic hydroxyl groups is 1. The van der Waals surface area contributed by atoms with Crippen LogP contribution in [0.1, 0.15) is 23.3 Å². The topological polar surface area (TPSA) is 62.2 Å². The number of hydrogen-bond acceptors (Lipinski definition) is 4. The van der Waals surface area contributed by atoms with Crippen LogP contribution in [0.2, 0.25) is 0 Å². The van der Waals surface area contributed by atoms with Gasteiger partial charge in [-0.2, -0.15) is 0 Å². The maximum atomic E-state index is 10.5. The smallest absolute Gasteiger partial charge is 0.169 e. The van der Waals surface area contributed by atoms with Gasteiger partial charge in [-0.15, -0.1) is 0 Å². The van der Waals surface area contributed by atoms with Crippen LogP contribution in [-0.4, -0.2) is 16.3 Å². The van der Waals surface area contributed by atoms with Crippen molar-refractivity contribution in [1.29, 1.82) is 0 Å². The van der Waals surface area contributed by atoms with Crippen LogP contribution in [0.3, 0.4) is 0 Å². The highest BCUT2D eigenvalue weighted by Gasteiger charge is 2.46. The summed E-state index contributed by atoms with van der Waals surface area (Å²) >= 11 is 0. The molecular weight excluding hydrogens is 316 g/mol. The fourth-order valence-electron chi connectivity index (χ4n) is 2.88. The molecule has 4 rings (SSSR count). The summed E-state index contributed by atoms with van der Waals surface area (Å²) in [4.78, 5) is 0. The van der Waals surface area contributed by atoms with Crippen LogP contribution < -0.4 is 4.74 Å². The molecule has 4 nitrogen and oxygen atoms in total. The van der Waals surface area contributed by atoms with Gasteiger partial charge in [0.2, 0.25) is 0 Å². The van der Waals surface area contributed by atoms with Crippen molar-refractivity contribution >= 4 is 0 Å². The fraction of sp³-hybridized carbons (Fsp3) is 0.143. The lowest BCUT2D eigenvalue weighted by atomic mass is 10.0. The predicted molar refractivity (Wildman–Crippen MR) is 93.6 cm³/mol. The zero-order valence-corrected chi connectivity index (χ0v) is 13.4. The molecule has 1 saturated heterocycles. The van der Waals surface area contributed by atoms with Crippen molar-refractivity contribution in [2.24, 2.45) is 0 Å². The Morgan fingerprint density at radius 1 is 0.880 bits per heavy atom. The minimum absolute atomic E-state index is 0.0164. The van der Waals surface area contributed by atoms with Gasteiger partial charge in [-0.05, 0) is 35.4 Å². The van der Waals surface area contributed by atoms with Gasteiger partial charge in [-0.25, -0.2) is 0 Å². The summed E-state index contributed by atoms with van der Waals surface area (Å²) in [6, 6.07) is 23.9. The van der Waals surface area contributed by atoms with Gasteiger partial charge < -0.3 is 19.7 Å². The molecule has 3 aromatic carbocycles. The number of phenols is 1. The molecular formula is C21H18O4. The Balaban J connectivity index is 1.47. The molecule has 3 atom stereocenters. The summed E-state index contributed by atoms with van der Waals surface area (Å²) in [6.07, 6.45) is -1.22. The maximum absolute atomic E-state index is 10.5. The van der Waals surface area contributed by atoms with E-state index < -0.39 is 6.10 Å². The number of aliphatic hydroxyl groups excluding tert-OH is 1. The number of benzene rings is 3. The van der Waals surface area contributed by atoms with Crippen LogP contribution in [0.25, 0.3) is 0 Å². The first-order valence-electron chi connectivity index (χ1n) is 8.16. The first kappa shape index (κ1) is 15.7. The number of hydrogen-bond donors (Lipinski definition) is 2. The zero-order chi connectivity index (χ0) is 17.2. The number of phenolic OH excluding ortho intramolecular Hbond substituents is 1. The summed E-state index contributed by atoms with van der Waals surface area (Å²) in [6.45, 7) is 0. The van der Waals surface area contributed by atoms with E-state index in [1.807, 2.05) is 60.7 Å². The number of epoxide rings is 1. The van der Waals surface area contributed by atoms with Crippen molar-refractivity contribution in [2.75, 3.05) is 0 Å². The molecule has 1 aliphatic rings. The number of aliphatic hydroxyl groups is 1. The Hall–Kier alpha value is -2.82. The lowest BCUT2D eigenvalue weighted by Crippen LogP contribution is -2.06. The third kappa shape index (κ3) is 3.36. The quantitative estimate of drug-likeness (QED) is 0.681. The Morgan fingerprint density at radius 2 is 1.56 bits per heavy atom. The van der Waals surface area contributed by atoms with Crippen molar-refractivity contribution in [1.82, 2.24) is 0 Å². The van der Waals surface area contributed by atoms with Crippen molar-refractivity contribution in [3.63, 3.8) is 0 Å². The molecule has 2 N–H and O–H groups in total. The van der Waals surface area contributed by atoms with Gasteiger partial charge in [0.05, 0.1) is 0 Å². The summed E-state index contributed by atoms with van der Waals surface area (Å²) in [5.41, 5.74) is 1.64. The molecule has 0 unspecified atom stereocenters. The first-order chi connectivity index (χ1) is 12.2. The van der Waals surface area contributed by atoms with E-state index in [1.165, 1.54) is 6.07 Å². The summed E-state index contributed by atoms with van der Waals surface area (Å²) in [5.74, 6) is 0.969. The standard InChI is InChI=1S/C21H18O4/c22-17-13-15(11-12-18(17)24-16-9-5-2-6-10-16)19(23)21-20(25-21)14-7-3-1-4-8-14/h1-13,19-23H/t19-,20-,21-/m0/s1. The molecule has 0 saturated carbocycles. The van der Waals surface area contributed by atoms with Crippen LogP contribution >= 0.6 is 0 Å². The molecule has 0 amide bonds. The molecule has 0 spiro atoms. The van der Waals surface area contributed by atoms with Crippen LogP contribution in [-0.2, 0) is 4.74 Å². The molecule has 1 aliphatic heterocycles. The van der Waals surface area contributed by atoms with E-state index >= 15 is 0 Å². The van der Waals surface area contributed by atoms with Crippen LogP contribution in [0, 0.1) is 0 Å². The normalized spacial score (nSPS) is 20.0. The van der Waals surface area contributed by atoms with Crippen molar-refractivity contribution < 1.29 is 19.7 Å². The molecule has 0 bridgehead atoms. The summed E-state index contributed by atoms with van der Waals surface area (Å²) in [5, 5.41) is 20.7. The number of ether oxygens (including phenoxy) is 2. The second kappa shape index (κ2) is 6.59. The number of para-hydroxylation sites is 1. The highest BCUT2D eigenvalue weighted by molar-refractivity contribution is 5.45.